The lowest BCUT2D eigenvalue weighted by Crippen LogP contribution is -2.41. The Bertz CT molecular complexity index is 756. The summed E-state index contributed by atoms with van der Waals surface area (Å²) in [5.41, 5.74) is 0.0961. The molecule has 2 aromatic rings. The van der Waals surface area contributed by atoms with Crippen molar-refractivity contribution in [3.63, 3.8) is 0 Å². The first-order valence-corrected chi connectivity index (χ1v) is 5.00. The lowest BCUT2D eigenvalue weighted by molar-refractivity contribution is -0.648. The molecule has 0 bridgehead atoms. The Hall–Kier alpha value is -2.36. The van der Waals surface area contributed by atoms with Crippen molar-refractivity contribution < 1.29 is 4.57 Å². The van der Waals surface area contributed by atoms with Crippen LogP contribution in [0.1, 0.15) is 0 Å². The van der Waals surface area contributed by atoms with E-state index in [9.17, 15) is 9.59 Å². The van der Waals surface area contributed by atoms with Crippen molar-refractivity contribution in [3.8, 4) is 6.07 Å². The largest absolute Gasteiger partial charge is 0.388 e. The molecule has 2 heterocycles. The summed E-state index contributed by atoms with van der Waals surface area (Å²) in [7, 11) is 4.75. The molecule has 0 aliphatic rings. The molecule has 0 spiro atoms. The number of nitriles is 1. The van der Waals surface area contributed by atoms with Crippen molar-refractivity contribution in [3.05, 3.63) is 27.2 Å². The van der Waals surface area contributed by atoms with Gasteiger partial charge >= 0.3 is 11.2 Å². The van der Waals surface area contributed by atoms with Gasteiger partial charge in [-0.05, 0) is 0 Å². The lowest BCUT2D eigenvalue weighted by Gasteiger charge is -1.99. The highest BCUT2D eigenvalue weighted by Crippen LogP contribution is 2.02. The molecule has 2 aromatic heterocycles. The van der Waals surface area contributed by atoms with Crippen LogP contribution in [0.4, 0.5) is 0 Å². The first kappa shape index (κ1) is 11.1. The molecule has 17 heavy (non-hydrogen) atoms. The average molecular weight is 234 g/mol. The first-order chi connectivity index (χ1) is 7.99. The highest BCUT2D eigenvalue weighted by atomic mass is 16.2. The van der Waals surface area contributed by atoms with Gasteiger partial charge in [-0.1, -0.05) is 0 Å². The Morgan fingerprint density at radius 3 is 2.59 bits per heavy atom. The lowest BCUT2D eigenvalue weighted by atomic mass is 10.5. The molecule has 0 N–H and O–H groups in total. The summed E-state index contributed by atoms with van der Waals surface area (Å²) in [6.07, 6.45) is 1.63. The van der Waals surface area contributed by atoms with Crippen LogP contribution in [0.15, 0.2) is 15.9 Å². The Morgan fingerprint density at radius 2 is 2.00 bits per heavy atom. The van der Waals surface area contributed by atoms with E-state index in [1.165, 1.54) is 16.2 Å². The van der Waals surface area contributed by atoms with Gasteiger partial charge in [-0.3, -0.25) is 4.79 Å². The number of rotatable bonds is 1. The van der Waals surface area contributed by atoms with E-state index in [-0.39, 0.29) is 17.8 Å². The van der Waals surface area contributed by atoms with Crippen LogP contribution in [0.25, 0.3) is 11.2 Å². The molecule has 0 aromatic carbocycles. The average Bonchev–Trinajstić information content (AvgIpc) is 2.61. The van der Waals surface area contributed by atoms with Crippen LogP contribution in [0.5, 0.6) is 0 Å². The summed E-state index contributed by atoms with van der Waals surface area (Å²) in [4.78, 5) is 23.8. The molecule has 7 nitrogen and oxygen atoms in total. The van der Waals surface area contributed by atoms with Crippen LogP contribution in [0.3, 0.4) is 0 Å². The van der Waals surface area contributed by atoms with Crippen LogP contribution in [-0.2, 0) is 27.7 Å². The predicted octanol–water partition coefficient (Wildman–Crippen LogP) is -1.61. The topological polar surface area (TPSA) is 76.6 Å². The normalized spacial score (nSPS) is 10.7. The minimum absolute atomic E-state index is 0.0742. The van der Waals surface area contributed by atoms with E-state index in [1.807, 2.05) is 6.07 Å². The molecule has 0 amide bonds. The van der Waals surface area contributed by atoms with E-state index in [4.69, 9.17) is 5.26 Å². The van der Waals surface area contributed by atoms with Gasteiger partial charge in [0.1, 0.15) is 6.07 Å². The minimum Gasteiger partial charge on any atom is -0.265 e. The molecule has 2 rings (SSSR count). The molecule has 0 radical (unpaired) electrons. The summed E-state index contributed by atoms with van der Waals surface area (Å²) in [6.45, 7) is 0.0742. The molecule has 0 aliphatic heterocycles. The fraction of sp³-hybridized carbons (Fsp3) is 0.400. The fourth-order valence-corrected chi connectivity index (χ4v) is 1.99. The third-order valence-electron chi connectivity index (χ3n) is 2.79. The van der Waals surface area contributed by atoms with Gasteiger partial charge in [0, 0.05) is 7.05 Å². The van der Waals surface area contributed by atoms with Gasteiger partial charge in [0.25, 0.3) is 5.65 Å². The van der Waals surface area contributed by atoms with Crippen LogP contribution in [-0.4, -0.2) is 13.7 Å². The summed E-state index contributed by atoms with van der Waals surface area (Å²) in [6, 6.07) is 1.98. The monoisotopic (exact) mass is 234 g/mol. The van der Waals surface area contributed by atoms with Crippen LogP contribution in [0.2, 0.25) is 0 Å². The third kappa shape index (κ3) is 1.38. The number of fused-ring (bicyclic) bond motifs is 1. The van der Waals surface area contributed by atoms with Crippen molar-refractivity contribution in [2.75, 3.05) is 0 Å². The molecule has 0 saturated heterocycles. The van der Waals surface area contributed by atoms with Gasteiger partial charge in [0.05, 0.1) is 14.1 Å². The highest BCUT2D eigenvalue weighted by Gasteiger charge is 2.22. The van der Waals surface area contributed by atoms with Crippen LogP contribution in [0, 0.1) is 11.3 Å². The SMILES string of the molecule is Cn1c(=O)c2c(n(C)c1=O)[n+](C)cn2CC#N. The Labute approximate surface area is 96.4 Å². The molecule has 7 heteroatoms. The summed E-state index contributed by atoms with van der Waals surface area (Å²) >= 11 is 0. The van der Waals surface area contributed by atoms with Gasteiger partial charge < -0.3 is 0 Å². The molecule has 0 unspecified atom stereocenters. The van der Waals surface area contributed by atoms with Gasteiger partial charge in [0.15, 0.2) is 12.9 Å². The zero-order chi connectivity index (χ0) is 12.7. The van der Waals surface area contributed by atoms with Crippen molar-refractivity contribution in [2.24, 2.45) is 21.1 Å². The number of aryl methyl sites for hydroxylation is 2. The first-order valence-electron chi connectivity index (χ1n) is 5.00. The van der Waals surface area contributed by atoms with Crippen molar-refractivity contribution >= 4 is 11.2 Å². The molecule has 0 atom stereocenters. The summed E-state index contributed by atoms with van der Waals surface area (Å²) < 4.78 is 5.63. The van der Waals surface area contributed by atoms with Crippen LogP contribution < -0.4 is 15.8 Å². The molecule has 88 valence electrons. The van der Waals surface area contributed by atoms with E-state index in [0.717, 1.165) is 4.57 Å². The smallest absolute Gasteiger partial charge is 0.265 e. The number of imidazole rings is 1. The Balaban J connectivity index is 3.10. The molecule has 0 saturated carbocycles. The number of hydrogen-bond donors (Lipinski definition) is 0. The second kappa shape index (κ2) is 3.59. The van der Waals surface area contributed by atoms with E-state index in [0.29, 0.717) is 11.2 Å². The zero-order valence-electron chi connectivity index (χ0n) is 9.84. The maximum absolute atomic E-state index is 12.0. The maximum Gasteiger partial charge on any atom is 0.388 e. The molecule has 0 aliphatic carbocycles. The molecular formula is C10H12N5O2+. The fourth-order valence-electron chi connectivity index (χ4n) is 1.99. The van der Waals surface area contributed by atoms with E-state index in [1.54, 1.807) is 25.0 Å². The maximum atomic E-state index is 12.0. The number of aromatic nitrogens is 4. The van der Waals surface area contributed by atoms with Crippen molar-refractivity contribution in [1.82, 2.24) is 13.7 Å². The summed E-state index contributed by atoms with van der Waals surface area (Å²) in [5.74, 6) is 0. The second-order valence-electron chi connectivity index (χ2n) is 3.89. The molecule has 0 fully saturated rings. The quantitative estimate of drug-likeness (QED) is 0.557. The standard InChI is InChI=1S/C10H12N5O2/c1-12-6-15(5-4-11)7-8(12)13(2)10(17)14(3)9(7)16/h6H,5H2,1-3H3/q+1. The number of hydrogen-bond acceptors (Lipinski definition) is 3. The van der Waals surface area contributed by atoms with Gasteiger partial charge in [-0.15, -0.1) is 0 Å². The molecular weight excluding hydrogens is 222 g/mol. The summed E-state index contributed by atoms with van der Waals surface area (Å²) in [5, 5.41) is 8.72. The third-order valence-corrected chi connectivity index (χ3v) is 2.79. The highest BCUT2D eigenvalue weighted by molar-refractivity contribution is 5.66. The van der Waals surface area contributed by atoms with E-state index >= 15 is 0 Å². The van der Waals surface area contributed by atoms with Gasteiger partial charge in [-0.25, -0.2) is 23.1 Å². The zero-order valence-corrected chi connectivity index (χ0v) is 9.84. The van der Waals surface area contributed by atoms with Crippen molar-refractivity contribution in [1.29, 1.82) is 5.26 Å². The predicted molar refractivity (Wildman–Crippen MR) is 59.2 cm³/mol. The number of nitrogens with zero attached hydrogens (tertiary/aromatic N) is 5. The van der Waals surface area contributed by atoms with E-state index in [2.05, 4.69) is 0 Å². The Kier molecular flexibility index (Phi) is 2.35. The van der Waals surface area contributed by atoms with Crippen molar-refractivity contribution in [2.45, 2.75) is 6.54 Å². The second-order valence-corrected chi connectivity index (χ2v) is 3.89. The van der Waals surface area contributed by atoms with Crippen LogP contribution >= 0.6 is 0 Å². The van der Waals surface area contributed by atoms with Gasteiger partial charge in [-0.2, -0.15) is 5.26 Å². The van der Waals surface area contributed by atoms with Gasteiger partial charge in [0.2, 0.25) is 5.52 Å². The minimum atomic E-state index is -0.390. The Morgan fingerprint density at radius 1 is 1.35 bits per heavy atom. The van der Waals surface area contributed by atoms with E-state index < -0.39 is 0 Å².